The third-order valence-electron chi connectivity index (χ3n) is 4.27. The molecule has 1 aliphatic carbocycles. The van der Waals surface area contributed by atoms with Gasteiger partial charge in [-0.2, -0.15) is 0 Å². The van der Waals surface area contributed by atoms with Crippen molar-refractivity contribution in [3.05, 3.63) is 29.3 Å². The van der Waals surface area contributed by atoms with Crippen LogP contribution in [-0.4, -0.2) is 24.1 Å². The van der Waals surface area contributed by atoms with Crippen LogP contribution >= 0.6 is 0 Å². The van der Waals surface area contributed by atoms with Crippen LogP contribution < -0.4 is 11.1 Å². The van der Waals surface area contributed by atoms with E-state index in [1.807, 2.05) is 0 Å². The van der Waals surface area contributed by atoms with Gasteiger partial charge in [-0.1, -0.05) is 18.9 Å². The van der Waals surface area contributed by atoms with E-state index in [1.54, 1.807) is 25.1 Å². The largest absolute Gasteiger partial charge is 0.508 e. The highest BCUT2D eigenvalue weighted by atomic mass is 16.3. The van der Waals surface area contributed by atoms with Crippen molar-refractivity contribution in [2.75, 3.05) is 13.1 Å². The van der Waals surface area contributed by atoms with Gasteiger partial charge >= 0.3 is 0 Å². The number of benzene rings is 1. The van der Waals surface area contributed by atoms with Crippen LogP contribution in [0.2, 0.25) is 0 Å². The number of nitrogens with one attached hydrogen (secondary N) is 1. The van der Waals surface area contributed by atoms with Crippen LogP contribution in [0.1, 0.15) is 41.6 Å². The summed E-state index contributed by atoms with van der Waals surface area (Å²) in [5, 5.41) is 12.6. The molecule has 0 bridgehead atoms. The van der Waals surface area contributed by atoms with Crippen LogP contribution in [0.25, 0.3) is 0 Å². The minimum absolute atomic E-state index is 0.0698. The average Bonchev–Trinajstić information content (AvgIpc) is 2.89. The number of phenols is 1. The third-order valence-corrected chi connectivity index (χ3v) is 4.27. The van der Waals surface area contributed by atoms with Crippen LogP contribution in [-0.2, 0) is 0 Å². The zero-order valence-corrected chi connectivity index (χ0v) is 11.4. The molecule has 0 aliphatic heterocycles. The Hall–Kier alpha value is -1.55. The van der Waals surface area contributed by atoms with Crippen LogP contribution in [0.5, 0.6) is 5.75 Å². The summed E-state index contributed by atoms with van der Waals surface area (Å²) in [5.74, 6) is 0.0233. The van der Waals surface area contributed by atoms with Gasteiger partial charge in [-0.05, 0) is 43.9 Å². The van der Waals surface area contributed by atoms with Crippen LogP contribution in [0.15, 0.2) is 18.2 Å². The van der Waals surface area contributed by atoms with Crippen molar-refractivity contribution in [1.29, 1.82) is 0 Å². The maximum atomic E-state index is 12.2. The zero-order valence-electron chi connectivity index (χ0n) is 11.4. The lowest BCUT2D eigenvalue weighted by Gasteiger charge is -2.27. The summed E-state index contributed by atoms with van der Waals surface area (Å²) >= 11 is 0. The highest BCUT2D eigenvalue weighted by molar-refractivity contribution is 5.96. The first-order chi connectivity index (χ1) is 9.08. The molecular weight excluding hydrogens is 240 g/mol. The summed E-state index contributed by atoms with van der Waals surface area (Å²) < 4.78 is 0. The van der Waals surface area contributed by atoms with E-state index in [0.717, 1.165) is 12.8 Å². The van der Waals surface area contributed by atoms with Crippen molar-refractivity contribution in [1.82, 2.24) is 5.32 Å². The molecule has 4 heteroatoms. The molecule has 0 heterocycles. The van der Waals surface area contributed by atoms with E-state index in [2.05, 4.69) is 5.32 Å². The molecule has 1 aliphatic rings. The molecule has 1 fully saturated rings. The zero-order chi connectivity index (χ0) is 13.9. The summed E-state index contributed by atoms with van der Waals surface area (Å²) in [7, 11) is 0. The van der Waals surface area contributed by atoms with Gasteiger partial charge < -0.3 is 16.2 Å². The molecule has 0 radical (unpaired) electrons. The summed E-state index contributed by atoms with van der Waals surface area (Å²) in [4.78, 5) is 12.2. The molecule has 1 amide bonds. The Morgan fingerprint density at radius 3 is 2.74 bits per heavy atom. The average molecular weight is 262 g/mol. The molecule has 2 rings (SSSR count). The van der Waals surface area contributed by atoms with Gasteiger partial charge in [0.15, 0.2) is 0 Å². The van der Waals surface area contributed by atoms with Crippen LogP contribution in [0.3, 0.4) is 0 Å². The Morgan fingerprint density at radius 2 is 2.11 bits per heavy atom. The number of hydrogen-bond acceptors (Lipinski definition) is 3. The maximum Gasteiger partial charge on any atom is 0.251 e. The number of carbonyl (C=O) groups excluding carboxylic acids is 1. The Morgan fingerprint density at radius 1 is 1.42 bits per heavy atom. The molecule has 4 N–H and O–H groups in total. The summed E-state index contributed by atoms with van der Waals surface area (Å²) in [5.41, 5.74) is 7.08. The topological polar surface area (TPSA) is 75.3 Å². The first kappa shape index (κ1) is 13.9. The van der Waals surface area contributed by atoms with Crippen LogP contribution in [0, 0.1) is 12.3 Å². The van der Waals surface area contributed by atoms with E-state index >= 15 is 0 Å². The first-order valence-corrected chi connectivity index (χ1v) is 6.85. The monoisotopic (exact) mass is 262 g/mol. The number of nitrogens with two attached hydrogens (primary N) is 1. The van der Waals surface area contributed by atoms with E-state index in [0.29, 0.717) is 24.2 Å². The molecule has 1 aromatic rings. The molecule has 19 heavy (non-hydrogen) atoms. The molecular formula is C15H22N2O2. The Bertz CT molecular complexity index is 465. The number of amides is 1. The lowest BCUT2D eigenvalue weighted by atomic mass is 9.86. The van der Waals surface area contributed by atoms with E-state index in [-0.39, 0.29) is 17.1 Å². The Labute approximate surface area is 114 Å². The summed E-state index contributed by atoms with van der Waals surface area (Å²) in [6.45, 7) is 2.99. The van der Waals surface area contributed by atoms with Gasteiger partial charge in [0.2, 0.25) is 0 Å². The van der Waals surface area contributed by atoms with Crippen LogP contribution in [0.4, 0.5) is 0 Å². The van der Waals surface area contributed by atoms with Gasteiger partial charge in [0.05, 0.1) is 0 Å². The van der Waals surface area contributed by atoms with E-state index in [1.165, 1.54) is 12.8 Å². The molecule has 1 saturated carbocycles. The third kappa shape index (κ3) is 2.89. The molecule has 104 valence electrons. The number of phenolic OH excluding ortho intramolecular Hbond substituents is 1. The minimum Gasteiger partial charge on any atom is -0.508 e. The molecule has 0 atom stereocenters. The summed E-state index contributed by atoms with van der Waals surface area (Å²) in [6, 6.07) is 5.00. The van der Waals surface area contributed by atoms with Gasteiger partial charge in [-0.15, -0.1) is 0 Å². The fourth-order valence-corrected chi connectivity index (χ4v) is 2.81. The van der Waals surface area contributed by atoms with Crippen molar-refractivity contribution in [2.24, 2.45) is 11.1 Å². The normalized spacial score (nSPS) is 17.4. The highest BCUT2D eigenvalue weighted by Crippen LogP contribution is 2.36. The fraction of sp³-hybridized carbons (Fsp3) is 0.533. The fourth-order valence-electron chi connectivity index (χ4n) is 2.81. The second kappa shape index (κ2) is 5.61. The standard InChI is InChI=1S/C15H22N2O2/c1-11-12(5-4-6-13(11)18)14(19)17-10-15(9-16)7-2-3-8-15/h4-6,18H,2-3,7-10,16H2,1H3,(H,17,19). The first-order valence-electron chi connectivity index (χ1n) is 6.85. The predicted octanol–water partition coefficient (Wildman–Crippen LogP) is 1.95. The number of aromatic hydroxyl groups is 1. The Balaban J connectivity index is 2.03. The molecule has 1 aromatic carbocycles. The van der Waals surface area contributed by atoms with Gasteiger partial charge in [0.1, 0.15) is 5.75 Å². The Kier molecular flexibility index (Phi) is 4.10. The maximum absolute atomic E-state index is 12.2. The quantitative estimate of drug-likeness (QED) is 0.776. The molecule has 0 unspecified atom stereocenters. The lowest BCUT2D eigenvalue weighted by Crippen LogP contribution is -2.40. The molecule has 4 nitrogen and oxygen atoms in total. The molecule has 0 saturated heterocycles. The van der Waals surface area contributed by atoms with Gasteiger partial charge in [0.25, 0.3) is 5.91 Å². The van der Waals surface area contributed by atoms with Crippen molar-refractivity contribution in [2.45, 2.75) is 32.6 Å². The van der Waals surface area contributed by atoms with E-state index in [4.69, 9.17) is 5.73 Å². The van der Waals surface area contributed by atoms with Crippen molar-refractivity contribution >= 4 is 5.91 Å². The number of hydrogen-bond donors (Lipinski definition) is 3. The second-order valence-corrected chi connectivity index (χ2v) is 5.54. The van der Waals surface area contributed by atoms with E-state index < -0.39 is 0 Å². The van der Waals surface area contributed by atoms with Gasteiger partial charge in [-0.25, -0.2) is 0 Å². The van der Waals surface area contributed by atoms with Crippen molar-refractivity contribution in [3.63, 3.8) is 0 Å². The predicted molar refractivity (Wildman–Crippen MR) is 75.1 cm³/mol. The summed E-state index contributed by atoms with van der Waals surface area (Å²) in [6.07, 6.45) is 4.56. The molecule has 0 spiro atoms. The smallest absolute Gasteiger partial charge is 0.251 e. The second-order valence-electron chi connectivity index (χ2n) is 5.54. The minimum atomic E-state index is -0.131. The highest BCUT2D eigenvalue weighted by Gasteiger charge is 2.32. The van der Waals surface area contributed by atoms with Gasteiger partial charge in [-0.3, -0.25) is 4.79 Å². The number of carbonyl (C=O) groups is 1. The van der Waals surface area contributed by atoms with Gasteiger partial charge in [0, 0.05) is 17.7 Å². The van der Waals surface area contributed by atoms with Crippen molar-refractivity contribution in [3.8, 4) is 5.75 Å². The number of rotatable bonds is 4. The van der Waals surface area contributed by atoms with E-state index in [9.17, 15) is 9.90 Å². The SMILES string of the molecule is Cc1c(O)cccc1C(=O)NCC1(CN)CCCC1. The molecule has 0 aromatic heterocycles. The lowest BCUT2D eigenvalue weighted by molar-refractivity contribution is 0.0931. The van der Waals surface area contributed by atoms with Crippen molar-refractivity contribution < 1.29 is 9.90 Å².